The average molecular weight is 299 g/mol. The van der Waals surface area contributed by atoms with Crippen LogP contribution in [0.25, 0.3) is 10.8 Å². The van der Waals surface area contributed by atoms with E-state index in [4.69, 9.17) is 9.84 Å². The highest BCUT2D eigenvalue weighted by atomic mass is 16.5. The van der Waals surface area contributed by atoms with E-state index in [1.807, 2.05) is 36.4 Å². The Morgan fingerprint density at radius 1 is 1.14 bits per heavy atom. The summed E-state index contributed by atoms with van der Waals surface area (Å²) in [5, 5.41) is 14.3. The number of carboxylic acids is 1. The molecule has 0 saturated carbocycles. The summed E-state index contributed by atoms with van der Waals surface area (Å²) in [7, 11) is 0. The summed E-state index contributed by atoms with van der Waals surface area (Å²) in [5.41, 5.74) is 0.823. The topological polar surface area (TPSA) is 58.6 Å². The third-order valence-electron chi connectivity index (χ3n) is 4.18. The molecule has 0 spiro atoms. The van der Waals surface area contributed by atoms with Gasteiger partial charge in [-0.05, 0) is 60.3 Å². The molecule has 0 bridgehead atoms. The molecule has 22 heavy (non-hydrogen) atoms. The second-order valence-electron chi connectivity index (χ2n) is 5.92. The molecule has 1 aliphatic rings. The molecule has 0 radical (unpaired) electrons. The summed E-state index contributed by atoms with van der Waals surface area (Å²) < 4.78 is 5.93. The van der Waals surface area contributed by atoms with Crippen molar-refractivity contribution in [2.24, 2.45) is 5.92 Å². The maximum absolute atomic E-state index is 10.8. The van der Waals surface area contributed by atoms with E-state index in [9.17, 15) is 4.79 Å². The van der Waals surface area contributed by atoms with E-state index in [1.165, 1.54) is 12.8 Å². The number of hydrogen-bond acceptors (Lipinski definition) is 3. The highest BCUT2D eigenvalue weighted by molar-refractivity contribution is 5.85. The molecule has 0 unspecified atom stereocenters. The van der Waals surface area contributed by atoms with E-state index in [2.05, 4.69) is 5.32 Å². The molecule has 1 fully saturated rings. The minimum atomic E-state index is -0.804. The molecule has 1 saturated heterocycles. The lowest BCUT2D eigenvalue weighted by Crippen LogP contribution is -2.30. The number of carboxylic acid groups (broad SMARTS) is 1. The van der Waals surface area contributed by atoms with E-state index in [0.717, 1.165) is 41.8 Å². The van der Waals surface area contributed by atoms with Crippen LogP contribution in [-0.2, 0) is 11.2 Å². The number of benzene rings is 2. The first kappa shape index (κ1) is 14.9. The van der Waals surface area contributed by atoms with Crippen LogP contribution in [0, 0.1) is 5.92 Å². The van der Waals surface area contributed by atoms with Gasteiger partial charge < -0.3 is 15.2 Å². The van der Waals surface area contributed by atoms with Crippen LogP contribution in [0.1, 0.15) is 18.4 Å². The molecular formula is C18H21NO3. The van der Waals surface area contributed by atoms with Crippen molar-refractivity contribution in [2.45, 2.75) is 19.3 Å². The molecule has 2 N–H and O–H groups in total. The van der Waals surface area contributed by atoms with Gasteiger partial charge in [0.05, 0.1) is 13.0 Å². The number of piperidine rings is 1. The van der Waals surface area contributed by atoms with Crippen LogP contribution in [0.2, 0.25) is 0 Å². The second kappa shape index (κ2) is 6.79. The molecule has 116 valence electrons. The van der Waals surface area contributed by atoms with Crippen LogP contribution in [0.4, 0.5) is 0 Å². The van der Waals surface area contributed by atoms with Gasteiger partial charge in [0, 0.05) is 0 Å². The summed E-state index contributed by atoms with van der Waals surface area (Å²) in [6.07, 6.45) is 2.40. The number of fused-ring (bicyclic) bond motifs is 1. The van der Waals surface area contributed by atoms with Crippen molar-refractivity contribution in [1.29, 1.82) is 0 Å². The number of hydrogen-bond donors (Lipinski definition) is 2. The normalized spacial score (nSPS) is 15.8. The fraction of sp³-hybridized carbons (Fsp3) is 0.389. The largest absolute Gasteiger partial charge is 0.493 e. The number of nitrogens with one attached hydrogen (secondary N) is 1. The first-order valence-corrected chi connectivity index (χ1v) is 7.79. The standard InChI is InChI=1S/C18H21NO3/c20-18(21)10-14-1-2-16-11-17(4-3-15(16)9-14)22-12-13-5-7-19-8-6-13/h1-4,9,11,13,19H,5-8,10,12H2,(H,20,21). The van der Waals surface area contributed by atoms with Gasteiger partial charge >= 0.3 is 5.97 Å². The van der Waals surface area contributed by atoms with Crippen LogP contribution in [-0.4, -0.2) is 30.8 Å². The number of aliphatic carboxylic acids is 1. The Morgan fingerprint density at radius 2 is 1.86 bits per heavy atom. The highest BCUT2D eigenvalue weighted by Crippen LogP contribution is 2.23. The molecule has 2 aromatic rings. The Hall–Kier alpha value is -2.07. The van der Waals surface area contributed by atoms with Crippen LogP contribution in [0.15, 0.2) is 36.4 Å². The summed E-state index contributed by atoms with van der Waals surface area (Å²) in [5.74, 6) is 0.716. The number of ether oxygens (including phenoxy) is 1. The minimum absolute atomic E-state index is 0.0594. The lowest BCUT2D eigenvalue weighted by atomic mass is 9.99. The van der Waals surface area contributed by atoms with Gasteiger partial charge in [-0.25, -0.2) is 0 Å². The minimum Gasteiger partial charge on any atom is -0.493 e. The molecule has 3 rings (SSSR count). The summed E-state index contributed by atoms with van der Waals surface area (Å²) in [6, 6.07) is 11.8. The molecule has 0 aliphatic carbocycles. The maximum Gasteiger partial charge on any atom is 0.307 e. The molecule has 4 nitrogen and oxygen atoms in total. The van der Waals surface area contributed by atoms with E-state index < -0.39 is 5.97 Å². The van der Waals surface area contributed by atoms with Crippen molar-refractivity contribution in [2.75, 3.05) is 19.7 Å². The van der Waals surface area contributed by atoms with Crippen molar-refractivity contribution >= 4 is 16.7 Å². The Balaban J connectivity index is 1.68. The van der Waals surface area contributed by atoms with Crippen molar-refractivity contribution in [1.82, 2.24) is 5.32 Å². The van der Waals surface area contributed by atoms with Crippen LogP contribution < -0.4 is 10.1 Å². The molecule has 4 heteroatoms. The maximum atomic E-state index is 10.8. The van der Waals surface area contributed by atoms with Gasteiger partial charge in [0.2, 0.25) is 0 Å². The molecular weight excluding hydrogens is 278 g/mol. The van der Waals surface area contributed by atoms with E-state index >= 15 is 0 Å². The first-order chi connectivity index (χ1) is 10.7. The van der Waals surface area contributed by atoms with Gasteiger partial charge in [0.1, 0.15) is 5.75 Å². The van der Waals surface area contributed by atoms with Gasteiger partial charge in [-0.2, -0.15) is 0 Å². The van der Waals surface area contributed by atoms with E-state index in [1.54, 1.807) is 0 Å². The zero-order valence-electron chi connectivity index (χ0n) is 12.5. The predicted octanol–water partition coefficient (Wildman–Crippen LogP) is 2.85. The molecule has 2 aromatic carbocycles. The Kier molecular flexibility index (Phi) is 4.59. The molecule has 0 atom stereocenters. The summed E-state index contributed by atoms with van der Waals surface area (Å²) >= 11 is 0. The van der Waals surface area contributed by atoms with Crippen molar-refractivity contribution in [3.05, 3.63) is 42.0 Å². The fourth-order valence-corrected chi connectivity index (χ4v) is 2.91. The fourth-order valence-electron chi connectivity index (χ4n) is 2.91. The van der Waals surface area contributed by atoms with Crippen LogP contribution in [0.5, 0.6) is 5.75 Å². The van der Waals surface area contributed by atoms with Gasteiger partial charge in [0.25, 0.3) is 0 Å². The average Bonchev–Trinajstić information content (AvgIpc) is 2.53. The van der Waals surface area contributed by atoms with E-state index in [-0.39, 0.29) is 6.42 Å². The quantitative estimate of drug-likeness (QED) is 0.891. The zero-order valence-corrected chi connectivity index (χ0v) is 12.5. The molecule has 1 heterocycles. The Labute approximate surface area is 130 Å². The number of rotatable bonds is 5. The molecule has 1 aliphatic heterocycles. The van der Waals surface area contributed by atoms with Gasteiger partial charge in [-0.1, -0.05) is 24.3 Å². The van der Waals surface area contributed by atoms with Gasteiger partial charge in [0.15, 0.2) is 0 Å². The van der Waals surface area contributed by atoms with Crippen LogP contribution in [0.3, 0.4) is 0 Å². The smallest absolute Gasteiger partial charge is 0.307 e. The van der Waals surface area contributed by atoms with Crippen LogP contribution >= 0.6 is 0 Å². The zero-order chi connectivity index (χ0) is 15.4. The third-order valence-corrected chi connectivity index (χ3v) is 4.18. The first-order valence-electron chi connectivity index (χ1n) is 7.79. The lowest BCUT2D eigenvalue weighted by molar-refractivity contribution is -0.136. The number of carbonyl (C=O) groups is 1. The second-order valence-corrected chi connectivity index (χ2v) is 5.92. The van der Waals surface area contributed by atoms with Crippen molar-refractivity contribution < 1.29 is 14.6 Å². The summed E-state index contributed by atoms with van der Waals surface area (Å²) in [6.45, 7) is 2.93. The monoisotopic (exact) mass is 299 g/mol. The Bertz CT molecular complexity index is 662. The van der Waals surface area contributed by atoms with Crippen molar-refractivity contribution in [3.8, 4) is 5.75 Å². The third kappa shape index (κ3) is 3.77. The van der Waals surface area contributed by atoms with Gasteiger partial charge in [-0.3, -0.25) is 4.79 Å². The van der Waals surface area contributed by atoms with Gasteiger partial charge in [-0.15, -0.1) is 0 Å². The SMILES string of the molecule is O=C(O)Cc1ccc2cc(OCC3CCNCC3)ccc2c1. The Morgan fingerprint density at radius 3 is 2.64 bits per heavy atom. The molecule has 0 amide bonds. The highest BCUT2D eigenvalue weighted by Gasteiger charge is 2.13. The molecule has 0 aromatic heterocycles. The predicted molar refractivity (Wildman–Crippen MR) is 86.4 cm³/mol. The van der Waals surface area contributed by atoms with E-state index in [0.29, 0.717) is 5.92 Å². The summed E-state index contributed by atoms with van der Waals surface area (Å²) in [4.78, 5) is 10.8. The lowest BCUT2D eigenvalue weighted by Gasteiger charge is -2.22. The van der Waals surface area contributed by atoms with Crippen molar-refractivity contribution in [3.63, 3.8) is 0 Å².